The highest BCUT2D eigenvalue weighted by Crippen LogP contribution is 2.43. The van der Waals surface area contributed by atoms with Gasteiger partial charge in [0.25, 0.3) is 0 Å². The molecule has 0 bridgehead atoms. The Morgan fingerprint density at radius 2 is 2.06 bits per heavy atom. The van der Waals surface area contributed by atoms with Gasteiger partial charge in [0.2, 0.25) is 5.91 Å². The van der Waals surface area contributed by atoms with E-state index in [1.807, 2.05) is 36.1 Å². The number of benzene rings is 1. The molecular formula is C26H28N6O2S. The summed E-state index contributed by atoms with van der Waals surface area (Å²) in [6, 6.07) is 12.3. The van der Waals surface area contributed by atoms with Crippen LogP contribution < -0.4 is 10.6 Å². The third kappa shape index (κ3) is 4.56. The second-order valence-corrected chi connectivity index (χ2v) is 9.49. The van der Waals surface area contributed by atoms with Crippen LogP contribution in [0.1, 0.15) is 29.7 Å². The standard InChI is InChI=1S/C26H28N6O2S/c1-16-7-4-5-10-20(16)32-24-18(23(31-32)17-11-12-21(27-2)28-15-17)8-6-9-19-25(24)35-26(29-19)30-22(33)13-14-34-3/h4-5,7,10-12,15H,6,8-9,13-14H2,1-3H3,(H,27,28)(H,29,30,33). The number of anilines is 2. The van der Waals surface area contributed by atoms with Gasteiger partial charge < -0.3 is 15.4 Å². The second-order valence-electron chi connectivity index (χ2n) is 8.50. The molecule has 0 unspecified atom stereocenters. The number of nitrogens with one attached hydrogen (secondary N) is 2. The zero-order valence-corrected chi connectivity index (χ0v) is 20.9. The van der Waals surface area contributed by atoms with E-state index in [-0.39, 0.29) is 5.91 Å². The van der Waals surface area contributed by atoms with Crippen LogP contribution in [0.3, 0.4) is 0 Å². The van der Waals surface area contributed by atoms with Crippen molar-refractivity contribution in [2.45, 2.75) is 32.6 Å². The Bertz CT molecular complexity index is 1360. The Kier molecular flexibility index (Phi) is 6.61. The summed E-state index contributed by atoms with van der Waals surface area (Å²) in [5.41, 5.74) is 7.32. The topological polar surface area (TPSA) is 94.0 Å². The number of fused-ring (bicyclic) bond motifs is 3. The van der Waals surface area contributed by atoms with Gasteiger partial charge in [-0.25, -0.2) is 14.6 Å². The highest BCUT2D eigenvalue weighted by Gasteiger charge is 2.29. The van der Waals surface area contributed by atoms with Crippen LogP contribution >= 0.6 is 11.3 Å². The lowest BCUT2D eigenvalue weighted by Gasteiger charge is -2.10. The van der Waals surface area contributed by atoms with Crippen LogP contribution in [0.2, 0.25) is 0 Å². The van der Waals surface area contributed by atoms with E-state index in [0.29, 0.717) is 18.2 Å². The van der Waals surface area contributed by atoms with E-state index in [4.69, 9.17) is 14.8 Å². The molecule has 0 saturated heterocycles. The van der Waals surface area contributed by atoms with Crippen molar-refractivity contribution in [1.29, 1.82) is 0 Å². The molecule has 3 aromatic heterocycles. The Balaban J connectivity index is 1.66. The minimum absolute atomic E-state index is 0.0974. The van der Waals surface area contributed by atoms with E-state index in [9.17, 15) is 4.79 Å². The van der Waals surface area contributed by atoms with Crippen molar-refractivity contribution >= 4 is 28.2 Å². The van der Waals surface area contributed by atoms with Gasteiger partial charge in [0, 0.05) is 31.5 Å². The molecule has 35 heavy (non-hydrogen) atoms. The van der Waals surface area contributed by atoms with Gasteiger partial charge in [-0.15, -0.1) is 0 Å². The molecule has 2 N–H and O–H groups in total. The van der Waals surface area contributed by atoms with Crippen LogP contribution in [0, 0.1) is 6.92 Å². The number of ether oxygens (including phenoxy) is 1. The number of para-hydroxylation sites is 1. The maximum atomic E-state index is 12.3. The summed E-state index contributed by atoms with van der Waals surface area (Å²) in [4.78, 5) is 22.7. The zero-order chi connectivity index (χ0) is 24.4. The normalized spacial score (nSPS) is 12.5. The van der Waals surface area contributed by atoms with E-state index in [0.717, 1.165) is 63.9 Å². The second kappa shape index (κ2) is 9.97. The number of hydrogen-bond acceptors (Lipinski definition) is 7. The Morgan fingerprint density at radius 3 is 2.80 bits per heavy atom. The van der Waals surface area contributed by atoms with Crippen LogP contribution in [0.4, 0.5) is 10.9 Å². The van der Waals surface area contributed by atoms with E-state index in [2.05, 4.69) is 40.7 Å². The van der Waals surface area contributed by atoms with Crippen molar-refractivity contribution < 1.29 is 9.53 Å². The molecule has 5 rings (SSSR count). The molecule has 1 amide bonds. The lowest BCUT2D eigenvalue weighted by atomic mass is 10.0. The summed E-state index contributed by atoms with van der Waals surface area (Å²) in [5.74, 6) is 0.719. The van der Waals surface area contributed by atoms with E-state index in [1.54, 1.807) is 7.11 Å². The van der Waals surface area contributed by atoms with Crippen molar-refractivity contribution in [3.8, 4) is 27.5 Å². The van der Waals surface area contributed by atoms with E-state index >= 15 is 0 Å². The summed E-state index contributed by atoms with van der Waals surface area (Å²) in [6.07, 6.45) is 4.86. The number of methoxy groups -OCH3 is 1. The number of pyridine rings is 1. The van der Waals surface area contributed by atoms with Gasteiger partial charge in [-0.3, -0.25) is 4.79 Å². The molecule has 0 fully saturated rings. The van der Waals surface area contributed by atoms with Crippen molar-refractivity contribution in [2.75, 3.05) is 31.4 Å². The van der Waals surface area contributed by atoms with Crippen LogP contribution in [-0.4, -0.2) is 46.4 Å². The molecular weight excluding hydrogens is 460 g/mol. The Labute approximate surface area is 208 Å². The molecule has 8 nitrogen and oxygen atoms in total. The van der Waals surface area contributed by atoms with Gasteiger partial charge in [-0.2, -0.15) is 5.10 Å². The first-order valence-corrected chi connectivity index (χ1v) is 12.5. The highest BCUT2D eigenvalue weighted by molar-refractivity contribution is 7.19. The van der Waals surface area contributed by atoms with Crippen LogP contribution in [-0.2, 0) is 22.4 Å². The van der Waals surface area contributed by atoms with E-state index in [1.165, 1.54) is 16.9 Å². The van der Waals surface area contributed by atoms with Crippen molar-refractivity contribution in [3.05, 3.63) is 59.4 Å². The van der Waals surface area contributed by atoms with Gasteiger partial charge in [0.05, 0.1) is 40.7 Å². The Morgan fingerprint density at radius 1 is 1.20 bits per heavy atom. The number of aromatic nitrogens is 4. The number of thiazole rings is 1. The molecule has 0 radical (unpaired) electrons. The lowest BCUT2D eigenvalue weighted by Crippen LogP contribution is -2.13. The molecule has 1 aromatic carbocycles. The maximum absolute atomic E-state index is 12.3. The van der Waals surface area contributed by atoms with Crippen LogP contribution in [0.15, 0.2) is 42.6 Å². The van der Waals surface area contributed by atoms with Crippen LogP contribution in [0.25, 0.3) is 27.5 Å². The number of hydrogen-bond donors (Lipinski definition) is 2. The molecule has 0 saturated carbocycles. The summed E-state index contributed by atoms with van der Waals surface area (Å²) in [6.45, 7) is 2.48. The van der Waals surface area contributed by atoms with E-state index < -0.39 is 0 Å². The minimum Gasteiger partial charge on any atom is -0.384 e. The largest absolute Gasteiger partial charge is 0.384 e. The first kappa shape index (κ1) is 23.2. The monoisotopic (exact) mass is 488 g/mol. The molecule has 0 aliphatic heterocycles. The lowest BCUT2D eigenvalue weighted by molar-refractivity contribution is -0.117. The molecule has 180 valence electrons. The smallest absolute Gasteiger partial charge is 0.228 e. The summed E-state index contributed by atoms with van der Waals surface area (Å²) in [7, 11) is 3.45. The third-order valence-corrected chi connectivity index (χ3v) is 7.17. The number of carbonyl (C=O) groups is 1. The molecule has 4 aromatic rings. The molecule has 0 spiro atoms. The van der Waals surface area contributed by atoms with Gasteiger partial charge in [-0.05, 0) is 49.9 Å². The van der Waals surface area contributed by atoms with Crippen molar-refractivity contribution in [1.82, 2.24) is 19.7 Å². The van der Waals surface area contributed by atoms with Gasteiger partial charge in [-0.1, -0.05) is 29.5 Å². The summed E-state index contributed by atoms with van der Waals surface area (Å²) in [5, 5.41) is 11.8. The molecule has 1 aliphatic carbocycles. The van der Waals surface area contributed by atoms with Crippen molar-refractivity contribution in [2.24, 2.45) is 0 Å². The van der Waals surface area contributed by atoms with Crippen molar-refractivity contribution in [3.63, 3.8) is 0 Å². The minimum atomic E-state index is -0.0974. The average Bonchev–Trinajstić information content (AvgIpc) is 3.39. The Hall–Kier alpha value is -3.56. The number of nitrogens with zero attached hydrogens (tertiary/aromatic N) is 4. The zero-order valence-electron chi connectivity index (χ0n) is 20.1. The molecule has 3 heterocycles. The predicted molar refractivity (Wildman–Crippen MR) is 139 cm³/mol. The van der Waals surface area contributed by atoms with Crippen LogP contribution in [0.5, 0.6) is 0 Å². The summed E-state index contributed by atoms with van der Waals surface area (Å²) < 4.78 is 7.08. The molecule has 1 aliphatic rings. The quantitative estimate of drug-likeness (QED) is 0.385. The first-order chi connectivity index (χ1) is 17.1. The highest BCUT2D eigenvalue weighted by atomic mass is 32.1. The van der Waals surface area contributed by atoms with Gasteiger partial charge >= 0.3 is 0 Å². The average molecular weight is 489 g/mol. The van der Waals surface area contributed by atoms with Gasteiger partial charge in [0.15, 0.2) is 5.13 Å². The maximum Gasteiger partial charge on any atom is 0.228 e. The fourth-order valence-corrected chi connectivity index (χ4v) is 5.46. The number of carbonyl (C=O) groups excluding carboxylic acids is 1. The SMILES string of the molecule is CNc1ccc(-c2nn(-c3ccccc3C)c3c2CCCc2nc(NC(=O)CCOC)sc2-3)cn1. The molecule has 9 heteroatoms. The fraction of sp³-hybridized carbons (Fsp3) is 0.308. The van der Waals surface area contributed by atoms with Gasteiger partial charge in [0.1, 0.15) is 5.82 Å². The number of amides is 1. The number of aryl methyl sites for hydroxylation is 2. The molecule has 0 atom stereocenters. The fourth-order valence-electron chi connectivity index (χ4n) is 4.38. The third-order valence-electron chi connectivity index (χ3n) is 6.15. The number of rotatable bonds is 7. The predicted octanol–water partition coefficient (Wildman–Crippen LogP) is 4.87. The first-order valence-electron chi connectivity index (χ1n) is 11.7. The summed E-state index contributed by atoms with van der Waals surface area (Å²) >= 11 is 1.51.